The number of rotatable bonds is 6. The maximum absolute atomic E-state index is 11.8. The first kappa shape index (κ1) is 18.4. The summed E-state index contributed by atoms with van der Waals surface area (Å²) >= 11 is 19.0. The Hall–Kier alpha value is -0.620. The molecule has 1 aromatic rings. The van der Waals surface area contributed by atoms with Gasteiger partial charge in [-0.1, -0.05) is 41.7 Å². The Labute approximate surface area is 142 Å². The predicted octanol–water partition coefficient (Wildman–Crippen LogP) is 4.13. The Bertz CT molecular complexity index is 540. The molecular formula is C13H14Cl3NO3S. The van der Waals surface area contributed by atoms with Crippen LogP contribution in [0.2, 0.25) is 15.1 Å². The van der Waals surface area contributed by atoms with Gasteiger partial charge in [-0.3, -0.25) is 9.59 Å². The summed E-state index contributed by atoms with van der Waals surface area (Å²) in [5.74, 6) is -0.109. The van der Waals surface area contributed by atoms with Crippen molar-refractivity contribution in [2.45, 2.75) is 6.92 Å². The molecule has 1 amide bonds. The fourth-order valence-corrected chi connectivity index (χ4v) is 2.86. The fraction of sp³-hybridized carbons (Fsp3) is 0.385. The highest BCUT2D eigenvalue weighted by Gasteiger charge is 2.14. The first-order chi connectivity index (χ1) is 9.85. The minimum atomic E-state index is -0.296. The number of anilines is 1. The van der Waals surface area contributed by atoms with E-state index < -0.39 is 0 Å². The summed E-state index contributed by atoms with van der Waals surface area (Å²) in [5, 5.41) is 3.58. The van der Waals surface area contributed by atoms with E-state index in [0.29, 0.717) is 26.5 Å². The van der Waals surface area contributed by atoms with E-state index in [2.05, 4.69) is 10.1 Å². The SMILES string of the molecule is COC(=O)C(C)CSCC(=O)Nc1cc(Cl)c(Cl)cc1Cl. The molecule has 1 unspecified atom stereocenters. The number of hydrogen-bond acceptors (Lipinski definition) is 4. The van der Waals surface area contributed by atoms with E-state index in [1.54, 1.807) is 6.92 Å². The van der Waals surface area contributed by atoms with Crippen molar-refractivity contribution in [1.82, 2.24) is 0 Å². The van der Waals surface area contributed by atoms with E-state index in [-0.39, 0.29) is 23.5 Å². The maximum Gasteiger partial charge on any atom is 0.309 e. The van der Waals surface area contributed by atoms with Crippen LogP contribution in [0.3, 0.4) is 0 Å². The highest BCUT2D eigenvalue weighted by Crippen LogP contribution is 2.32. The van der Waals surface area contributed by atoms with Gasteiger partial charge in [0.25, 0.3) is 0 Å². The Morgan fingerprint density at radius 3 is 2.48 bits per heavy atom. The van der Waals surface area contributed by atoms with Crippen LogP contribution in [0.25, 0.3) is 0 Å². The minimum Gasteiger partial charge on any atom is -0.469 e. The molecule has 0 aliphatic heterocycles. The molecule has 0 radical (unpaired) electrons. The lowest BCUT2D eigenvalue weighted by Crippen LogP contribution is -2.18. The van der Waals surface area contributed by atoms with Gasteiger partial charge in [0, 0.05) is 5.75 Å². The van der Waals surface area contributed by atoms with Gasteiger partial charge in [-0.15, -0.1) is 0 Å². The van der Waals surface area contributed by atoms with Gasteiger partial charge in [0.05, 0.1) is 39.5 Å². The number of thioether (sulfide) groups is 1. The summed E-state index contributed by atoms with van der Waals surface area (Å²) in [7, 11) is 1.34. The van der Waals surface area contributed by atoms with E-state index in [1.165, 1.54) is 31.0 Å². The lowest BCUT2D eigenvalue weighted by atomic mass is 10.2. The highest BCUT2D eigenvalue weighted by atomic mass is 35.5. The van der Waals surface area contributed by atoms with E-state index >= 15 is 0 Å². The molecule has 0 fully saturated rings. The molecule has 1 N–H and O–H groups in total. The second-order valence-corrected chi connectivity index (χ2v) is 6.49. The molecule has 0 aliphatic carbocycles. The molecule has 0 heterocycles. The van der Waals surface area contributed by atoms with E-state index in [4.69, 9.17) is 34.8 Å². The summed E-state index contributed by atoms with van der Waals surface area (Å²) in [6.45, 7) is 1.74. The number of hydrogen-bond donors (Lipinski definition) is 1. The molecule has 0 bridgehead atoms. The predicted molar refractivity (Wildman–Crippen MR) is 88.6 cm³/mol. The smallest absolute Gasteiger partial charge is 0.309 e. The summed E-state index contributed by atoms with van der Waals surface area (Å²) < 4.78 is 4.61. The molecule has 1 rings (SSSR count). The van der Waals surface area contributed by atoms with Crippen LogP contribution in [-0.2, 0) is 14.3 Å². The molecule has 116 valence electrons. The quantitative estimate of drug-likeness (QED) is 0.604. The van der Waals surface area contributed by atoms with E-state index in [0.717, 1.165) is 0 Å². The topological polar surface area (TPSA) is 55.4 Å². The van der Waals surface area contributed by atoms with Crippen LogP contribution in [0, 0.1) is 5.92 Å². The number of amides is 1. The van der Waals surface area contributed by atoms with Crippen LogP contribution in [0.4, 0.5) is 5.69 Å². The largest absolute Gasteiger partial charge is 0.469 e. The third kappa shape index (κ3) is 5.94. The van der Waals surface area contributed by atoms with Crippen LogP contribution in [-0.4, -0.2) is 30.5 Å². The van der Waals surface area contributed by atoms with Gasteiger partial charge in [0.2, 0.25) is 5.91 Å². The Balaban J connectivity index is 2.48. The van der Waals surface area contributed by atoms with Crippen LogP contribution in [0.5, 0.6) is 0 Å². The summed E-state index contributed by atoms with van der Waals surface area (Å²) in [6, 6.07) is 2.96. The second kappa shape index (κ2) is 8.73. The lowest BCUT2D eigenvalue weighted by Gasteiger charge is -2.10. The van der Waals surface area contributed by atoms with E-state index in [9.17, 15) is 9.59 Å². The molecule has 1 atom stereocenters. The highest BCUT2D eigenvalue weighted by molar-refractivity contribution is 8.00. The zero-order valence-electron chi connectivity index (χ0n) is 11.4. The van der Waals surface area contributed by atoms with Gasteiger partial charge in [0.15, 0.2) is 0 Å². The monoisotopic (exact) mass is 369 g/mol. The van der Waals surface area contributed by atoms with Crippen LogP contribution >= 0.6 is 46.6 Å². The Morgan fingerprint density at radius 2 is 1.86 bits per heavy atom. The number of methoxy groups -OCH3 is 1. The van der Waals surface area contributed by atoms with Gasteiger partial charge >= 0.3 is 5.97 Å². The van der Waals surface area contributed by atoms with Gasteiger partial charge in [-0.25, -0.2) is 0 Å². The maximum atomic E-state index is 11.8. The van der Waals surface area contributed by atoms with Crippen LogP contribution in [0.15, 0.2) is 12.1 Å². The van der Waals surface area contributed by atoms with Gasteiger partial charge in [0.1, 0.15) is 0 Å². The zero-order chi connectivity index (χ0) is 16.0. The van der Waals surface area contributed by atoms with Gasteiger partial charge in [-0.05, 0) is 12.1 Å². The number of carbonyl (C=O) groups excluding carboxylic acids is 2. The van der Waals surface area contributed by atoms with Crippen molar-refractivity contribution in [3.8, 4) is 0 Å². The van der Waals surface area contributed by atoms with Gasteiger partial charge in [-0.2, -0.15) is 11.8 Å². The molecule has 21 heavy (non-hydrogen) atoms. The average Bonchev–Trinajstić information content (AvgIpc) is 2.43. The molecule has 0 saturated carbocycles. The van der Waals surface area contributed by atoms with Crippen molar-refractivity contribution in [1.29, 1.82) is 0 Å². The third-order valence-electron chi connectivity index (χ3n) is 2.49. The summed E-state index contributed by atoms with van der Waals surface area (Å²) in [6.07, 6.45) is 0. The second-order valence-electron chi connectivity index (χ2n) is 4.23. The molecule has 0 aliphatic rings. The minimum absolute atomic E-state index is 0.192. The first-order valence-electron chi connectivity index (χ1n) is 5.95. The standard InChI is InChI=1S/C13H14Cl3NO3S/c1-7(13(19)20-2)5-21-6-12(18)17-11-4-9(15)8(14)3-10(11)16/h3-4,7H,5-6H2,1-2H3,(H,17,18). The van der Waals surface area contributed by atoms with Gasteiger partial charge < -0.3 is 10.1 Å². The third-order valence-corrected chi connectivity index (χ3v) is 4.73. The number of nitrogens with one attached hydrogen (secondary N) is 1. The van der Waals surface area contributed by atoms with Crippen molar-refractivity contribution < 1.29 is 14.3 Å². The number of carbonyl (C=O) groups is 2. The first-order valence-corrected chi connectivity index (χ1v) is 8.24. The molecule has 0 saturated heterocycles. The summed E-state index contributed by atoms with van der Waals surface area (Å²) in [5.41, 5.74) is 0.401. The molecule has 0 aromatic heterocycles. The van der Waals surface area contributed by atoms with Crippen molar-refractivity contribution >= 4 is 64.1 Å². The summed E-state index contributed by atoms with van der Waals surface area (Å²) in [4.78, 5) is 23.0. The van der Waals surface area contributed by atoms with Crippen molar-refractivity contribution in [3.63, 3.8) is 0 Å². The average molecular weight is 371 g/mol. The van der Waals surface area contributed by atoms with Crippen molar-refractivity contribution in [3.05, 3.63) is 27.2 Å². The molecule has 0 spiro atoms. The van der Waals surface area contributed by atoms with Crippen LogP contribution in [0.1, 0.15) is 6.92 Å². The van der Waals surface area contributed by atoms with E-state index in [1.807, 2.05) is 0 Å². The molecular weight excluding hydrogens is 357 g/mol. The Morgan fingerprint density at radius 1 is 1.24 bits per heavy atom. The Kier molecular flexibility index (Phi) is 7.66. The normalized spacial score (nSPS) is 11.9. The van der Waals surface area contributed by atoms with Crippen molar-refractivity contribution in [2.24, 2.45) is 5.92 Å². The van der Waals surface area contributed by atoms with Crippen LogP contribution < -0.4 is 5.32 Å². The number of ether oxygens (including phenoxy) is 1. The fourth-order valence-electron chi connectivity index (χ4n) is 1.40. The molecule has 8 heteroatoms. The number of esters is 1. The van der Waals surface area contributed by atoms with Crippen molar-refractivity contribution in [2.75, 3.05) is 23.9 Å². The number of halogens is 3. The molecule has 4 nitrogen and oxygen atoms in total. The lowest BCUT2D eigenvalue weighted by molar-refractivity contribution is -0.144. The zero-order valence-corrected chi connectivity index (χ0v) is 14.5. The molecule has 1 aromatic carbocycles. The number of benzene rings is 1.